The summed E-state index contributed by atoms with van der Waals surface area (Å²) in [5.74, 6) is 5.76. The second kappa shape index (κ2) is 6.51. The van der Waals surface area contributed by atoms with Gasteiger partial charge in [-0.1, -0.05) is 18.5 Å². The summed E-state index contributed by atoms with van der Waals surface area (Å²) in [6.07, 6.45) is 1.47. The van der Waals surface area contributed by atoms with Crippen LogP contribution < -0.4 is 11.3 Å². The Morgan fingerprint density at radius 2 is 2.10 bits per heavy atom. The van der Waals surface area contributed by atoms with E-state index in [2.05, 4.69) is 27.6 Å². The van der Waals surface area contributed by atoms with Crippen molar-refractivity contribution in [2.45, 2.75) is 39.7 Å². The minimum absolute atomic E-state index is 0.0745. The van der Waals surface area contributed by atoms with E-state index in [-0.39, 0.29) is 6.04 Å². The number of rotatable bonds is 5. The monoisotopic (exact) mass is 308 g/mol. The maximum Gasteiger partial charge on any atom is 0.130 e. The smallest absolute Gasteiger partial charge is 0.130 e. The zero-order chi connectivity index (χ0) is 15.6. The summed E-state index contributed by atoms with van der Waals surface area (Å²) in [6.45, 7) is 5.93. The quantitative estimate of drug-likeness (QED) is 0.650. The Bertz CT molecular complexity index is 637. The molecule has 0 spiro atoms. The number of nitrogens with zero attached hydrogens (tertiary/aromatic N) is 4. The standard InChI is InChI=1S/C14H21ClN6/c1-5-12-11(6-8(2)18-19-12)13(17-16)7-10-9(3)20-21(4)14(10)15/h6,13,17H,5,7,16H2,1-4H3. The lowest BCUT2D eigenvalue weighted by Gasteiger charge is -2.19. The number of hydrogen-bond acceptors (Lipinski definition) is 5. The second-order valence-corrected chi connectivity index (χ2v) is 5.50. The summed E-state index contributed by atoms with van der Waals surface area (Å²) in [5.41, 5.74) is 7.66. The van der Waals surface area contributed by atoms with Gasteiger partial charge in [-0.05, 0) is 38.3 Å². The first kappa shape index (κ1) is 15.9. The maximum absolute atomic E-state index is 6.31. The van der Waals surface area contributed by atoms with Gasteiger partial charge in [-0.15, -0.1) is 0 Å². The van der Waals surface area contributed by atoms with Crippen molar-refractivity contribution in [1.29, 1.82) is 0 Å². The van der Waals surface area contributed by atoms with Crippen molar-refractivity contribution in [3.8, 4) is 0 Å². The van der Waals surface area contributed by atoms with E-state index in [0.717, 1.165) is 34.6 Å². The average molecular weight is 309 g/mol. The maximum atomic E-state index is 6.31. The Kier molecular flexibility index (Phi) is 4.92. The van der Waals surface area contributed by atoms with E-state index in [0.29, 0.717) is 11.6 Å². The van der Waals surface area contributed by atoms with Crippen LogP contribution in [-0.2, 0) is 19.9 Å². The van der Waals surface area contributed by atoms with Gasteiger partial charge >= 0.3 is 0 Å². The molecule has 2 aromatic heterocycles. The first-order chi connectivity index (χ1) is 9.97. The third-order valence-electron chi connectivity index (χ3n) is 3.62. The molecule has 0 saturated carbocycles. The van der Waals surface area contributed by atoms with Crippen LogP contribution in [0, 0.1) is 13.8 Å². The molecule has 2 aromatic rings. The fourth-order valence-electron chi connectivity index (χ4n) is 2.48. The molecular formula is C14H21ClN6. The molecule has 0 aliphatic rings. The van der Waals surface area contributed by atoms with Gasteiger partial charge in [-0.25, -0.2) is 0 Å². The van der Waals surface area contributed by atoms with Crippen LogP contribution in [0.5, 0.6) is 0 Å². The van der Waals surface area contributed by atoms with Crippen LogP contribution in [0.3, 0.4) is 0 Å². The number of halogens is 1. The van der Waals surface area contributed by atoms with Crippen molar-refractivity contribution in [2.24, 2.45) is 12.9 Å². The van der Waals surface area contributed by atoms with E-state index in [1.54, 1.807) is 4.68 Å². The number of nitrogens with two attached hydrogens (primary N) is 1. The summed E-state index contributed by atoms with van der Waals surface area (Å²) in [5, 5.41) is 13.4. The van der Waals surface area contributed by atoms with E-state index in [1.165, 1.54) is 0 Å². The van der Waals surface area contributed by atoms with Gasteiger partial charge in [-0.3, -0.25) is 16.0 Å². The van der Waals surface area contributed by atoms with Crippen LogP contribution in [0.15, 0.2) is 6.07 Å². The lowest BCUT2D eigenvalue weighted by molar-refractivity contribution is 0.540. The molecule has 2 heterocycles. The van der Waals surface area contributed by atoms with E-state index < -0.39 is 0 Å². The first-order valence-electron chi connectivity index (χ1n) is 6.95. The fourth-order valence-corrected chi connectivity index (χ4v) is 2.73. The largest absolute Gasteiger partial charge is 0.271 e. The molecule has 0 radical (unpaired) electrons. The molecule has 1 atom stereocenters. The minimum atomic E-state index is -0.0745. The molecule has 114 valence electrons. The van der Waals surface area contributed by atoms with Crippen LogP contribution in [0.1, 0.15) is 41.2 Å². The topological polar surface area (TPSA) is 81.7 Å². The van der Waals surface area contributed by atoms with E-state index in [4.69, 9.17) is 17.4 Å². The van der Waals surface area contributed by atoms with E-state index in [1.807, 2.05) is 27.0 Å². The Morgan fingerprint density at radius 3 is 2.62 bits per heavy atom. The molecule has 0 bridgehead atoms. The third kappa shape index (κ3) is 3.23. The summed E-state index contributed by atoms with van der Waals surface area (Å²) in [7, 11) is 1.83. The Balaban J connectivity index is 2.38. The molecule has 2 rings (SSSR count). The number of aryl methyl sites for hydroxylation is 4. The molecule has 0 amide bonds. The van der Waals surface area contributed by atoms with Crippen LogP contribution >= 0.6 is 11.6 Å². The molecular weight excluding hydrogens is 288 g/mol. The number of nitrogens with one attached hydrogen (secondary N) is 1. The lowest BCUT2D eigenvalue weighted by atomic mass is 9.97. The van der Waals surface area contributed by atoms with Crippen molar-refractivity contribution in [3.05, 3.63) is 39.4 Å². The zero-order valence-corrected chi connectivity index (χ0v) is 13.6. The van der Waals surface area contributed by atoms with Crippen LogP contribution in [0.2, 0.25) is 5.15 Å². The Hall–Kier alpha value is -1.50. The SMILES string of the molecule is CCc1nnc(C)cc1C(Cc1c(C)nn(C)c1Cl)NN. The molecule has 0 aliphatic carbocycles. The minimum Gasteiger partial charge on any atom is -0.271 e. The first-order valence-corrected chi connectivity index (χ1v) is 7.32. The van der Waals surface area contributed by atoms with Gasteiger partial charge in [-0.2, -0.15) is 15.3 Å². The molecule has 0 fully saturated rings. The fraction of sp³-hybridized carbons (Fsp3) is 0.500. The van der Waals surface area contributed by atoms with Crippen molar-refractivity contribution < 1.29 is 0 Å². The highest BCUT2D eigenvalue weighted by Gasteiger charge is 2.20. The van der Waals surface area contributed by atoms with E-state index >= 15 is 0 Å². The molecule has 21 heavy (non-hydrogen) atoms. The van der Waals surface area contributed by atoms with Crippen molar-refractivity contribution in [1.82, 2.24) is 25.4 Å². The lowest BCUT2D eigenvalue weighted by Crippen LogP contribution is -2.31. The molecule has 0 aromatic carbocycles. The number of hydrazine groups is 1. The Morgan fingerprint density at radius 1 is 1.38 bits per heavy atom. The molecule has 1 unspecified atom stereocenters. The van der Waals surface area contributed by atoms with Crippen molar-refractivity contribution >= 4 is 11.6 Å². The molecule has 0 aliphatic heterocycles. The summed E-state index contributed by atoms with van der Waals surface area (Å²) in [4.78, 5) is 0. The van der Waals surface area contributed by atoms with Gasteiger partial charge in [0, 0.05) is 12.6 Å². The normalized spacial score (nSPS) is 12.7. The Labute approximate surface area is 129 Å². The van der Waals surface area contributed by atoms with Gasteiger partial charge in [0.1, 0.15) is 5.15 Å². The van der Waals surface area contributed by atoms with E-state index in [9.17, 15) is 0 Å². The van der Waals surface area contributed by atoms with Crippen molar-refractivity contribution in [3.63, 3.8) is 0 Å². The van der Waals surface area contributed by atoms with Crippen molar-refractivity contribution in [2.75, 3.05) is 0 Å². The number of aromatic nitrogens is 4. The van der Waals surface area contributed by atoms with Crippen LogP contribution in [0.4, 0.5) is 0 Å². The highest BCUT2D eigenvalue weighted by atomic mass is 35.5. The average Bonchev–Trinajstić information content (AvgIpc) is 2.70. The summed E-state index contributed by atoms with van der Waals surface area (Å²) >= 11 is 6.31. The third-order valence-corrected chi connectivity index (χ3v) is 4.09. The van der Waals surface area contributed by atoms with Gasteiger partial charge in [0.2, 0.25) is 0 Å². The summed E-state index contributed by atoms with van der Waals surface area (Å²) in [6, 6.07) is 1.95. The zero-order valence-electron chi connectivity index (χ0n) is 12.8. The molecule has 3 N–H and O–H groups in total. The number of hydrogen-bond donors (Lipinski definition) is 2. The molecule has 0 saturated heterocycles. The highest BCUT2D eigenvalue weighted by molar-refractivity contribution is 6.30. The van der Waals surface area contributed by atoms with Gasteiger partial charge in [0.05, 0.1) is 23.1 Å². The van der Waals surface area contributed by atoms with Crippen LogP contribution in [0.25, 0.3) is 0 Å². The predicted molar refractivity (Wildman–Crippen MR) is 82.9 cm³/mol. The van der Waals surface area contributed by atoms with Gasteiger partial charge < -0.3 is 0 Å². The highest BCUT2D eigenvalue weighted by Crippen LogP contribution is 2.26. The summed E-state index contributed by atoms with van der Waals surface area (Å²) < 4.78 is 1.68. The van der Waals surface area contributed by atoms with Gasteiger partial charge in [0.15, 0.2) is 0 Å². The predicted octanol–water partition coefficient (Wildman–Crippen LogP) is 1.79. The van der Waals surface area contributed by atoms with Gasteiger partial charge in [0.25, 0.3) is 0 Å². The second-order valence-electron chi connectivity index (χ2n) is 5.14. The molecule has 6 nitrogen and oxygen atoms in total. The molecule has 7 heteroatoms. The van der Waals surface area contributed by atoms with Crippen LogP contribution in [-0.4, -0.2) is 20.0 Å².